The van der Waals surface area contributed by atoms with E-state index in [1.54, 1.807) is 0 Å². The molecule has 6 heteroatoms. The lowest BCUT2D eigenvalue weighted by molar-refractivity contribution is -0.138. The zero-order valence-electron chi connectivity index (χ0n) is 15.8. The number of carbonyl (C=O) groups is 2. The second-order valence-corrected chi connectivity index (χ2v) is 6.69. The normalized spacial score (nSPS) is 13.6. The van der Waals surface area contributed by atoms with E-state index >= 15 is 0 Å². The predicted molar refractivity (Wildman–Crippen MR) is 99.0 cm³/mol. The van der Waals surface area contributed by atoms with Crippen molar-refractivity contribution in [3.05, 3.63) is 35.9 Å². The van der Waals surface area contributed by atoms with Gasteiger partial charge in [-0.3, -0.25) is 4.79 Å². The van der Waals surface area contributed by atoms with Gasteiger partial charge in [-0.25, -0.2) is 4.79 Å². The lowest BCUT2D eigenvalue weighted by atomic mass is 10.2. The maximum Gasteiger partial charge on any atom is 0.404 e. The number of carbonyl (C=O) groups excluding carboxylic acids is 2. The van der Waals surface area contributed by atoms with Crippen molar-refractivity contribution < 1.29 is 19.1 Å². The summed E-state index contributed by atoms with van der Waals surface area (Å²) in [6.07, 6.45) is 4.93. The van der Waals surface area contributed by atoms with Crippen LogP contribution in [0.5, 0.6) is 0 Å². The maximum absolute atomic E-state index is 10.2. The Labute approximate surface area is 151 Å². The van der Waals surface area contributed by atoms with Gasteiger partial charge in [0, 0.05) is 6.04 Å². The van der Waals surface area contributed by atoms with Crippen LogP contribution in [0, 0.1) is 0 Å². The van der Waals surface area contributed by atoms with Crippen molar-refractivity contribution in [2.45, 2.75) is 64.7 Å². The molecule has 1 aromatic carbocycles. The molecule has 0 heterocycles. The van der Waals surface area contributed by atoms with Crippen molar-refractivity contribution in [3.8, 4) is 0 Å². The van der Waals surface area contributed by atoms with Gasteiger partial charge in [-0.2, -0.15) is 0 Å². The minimum Gasteiger partial charge on any atom is -0.462 e. The molecule has 0 bridgehead atoms. The van der Waals surface area contributed by atoms with E-state index in [9.17, 15) is 9.59 Å². The molecule has 0 spiro atoms. The first-order valence-electron chi connectivity index (χ1n) is 8.53. The van der Waals surface area contributed by atoms with Gasteiger partial charge in [0.05, 0.1) is 0 Å². The monoisotopic (exact) mass is 352 g/mol. The summed E-state index contributed by atoms with van der Waals surface area (Å²) >= 11 is 0. The molecule has 6 nitrogen and oxygen atoms in total. The van der Waals surface area contributed by atoms with Gasteiger partial charge in [-0.05, 0) is 46.2 Å². The van der Waals surface area contributed by atoms with Crippen LogP contribution in [-0.2, 0) is 20.9 Å². The van der Waals surface area contributed by atoms with Crippen molar-refractivity contribution in [3.63, 3.8) is 0 Å². The van der Waals surface area contributed by atoms with Crippen molar-refractivity contribution in [2.24, 2.45) is 5.73 Å². The SMILES string of the molecule is CC(C)(C)OC=O.CNC1CCCC1.NC(=O)OCc1ccccc1. The molecule has 142 valence electrons. The van der Waals surface area contributed by atoms with E-state index in [0.29, 0.717) is 6.47 Å². The molecule has 0 radical (unpaired) electrons. The Morgan fingerprint density at radius 3 is 2.12 bits per heavy atom. The molecule has 0 aliphatic heterocycles. The minimum atomic E-state index is -0.742. The first kappa shape index (κ1) is 22.9. The quantitative estimate of drug-likeness (QED) is 0.811. The Bertz CT molecular complexity index is 466. The van der Waals surface area contributed by atoms with Crippen LogP contribution in [0.3, 0.4) is 0 Å². The highest BCUT2D eigenvalue weighted by molar-refractivity contribution is 5.64. The van der Waals surface area contributed by atoms with E-state index in [2.05, 4.69) is 21.8 Å². The fraction of sp³-hybridized carbons (Fsp3) is 0.579. The Morgan fingerprint density at radius 2 is 1.80 bits per heavy atom. The van der Waals surface area contributed by atoms with Gasteiger partial charge in [0.25, 0.3) is 6.47 Å². The highest BCUT2D eigenvalue weighted by Gasteiger charge is 2.10. The van der Waals surface area contributed by atoms with Gasteiger partial charge in [-0.1, -0.05) is 43.2 Å². The van der Waals surface area contributed by atoms with Crippen LogP contribution in [0.25, 0.3) is 0 Å². The average Bonchev–Trinajstić information content (AvgIpc) is 3.08. The molecule has 1 aliphatic carbocycles. The second kappa shape index (κ2) is 13.2. The van der Waals surface area contributed by atoms with E-state index < -0.39 is 6.09 Å². The van der Waals surface area contributed by atoms with Crippen LogP contribution in [-0.4, -0.2) is 31.3 Å². The van der Waals surface area contributed by atoms with Crippen molar-refractivity contribution in [2.75, 3.05) is 7.05 Å². The van der Waals surface area contributed by atoms with Crippen LogP contribution in [0.1, 0.15) is 52.0 Å². The summed E-state index contributed by atoms with van der Waals surface area (Å²) in [6.45, 7) is 6.17. The molecule has 0 unspecified atom stereocenters. The van der Waals surface area contributed by atoms with Crippen LogP contribution >= 0.6 is 0 Å². The van der Waals surface area contributed by atoms with Gasteiger partial charge < -0.3 is 20.5 Å². The summed E-state index contributed by atoms with van der Waals surface area (Å²) in [7, 11) is 2.05. The predicted octanol–water partition coefficient (Wildman–Crippen LogP) is 3.39. The second-order valence-electron chi connectivity index (χ2n) is 6.69. The molecular weight excluding hydrogens is 320 g/mol. The van der Waals surface area contributed by atoms with E-state index in [1.165, 1.54) is 25.7 Å². The third kappa shape index (κ3) is 15.2. The zero-order valence-corrected chi connectivity index (χ0v) is 15.8. The molecule has 2 rings (SSSR count). The number of nitrogens with one attached hydrogen (secondary N) is 1. The maximum atomic E-state index is 10.2. The number of nitrogens with two attached hydrogens (primary N) is 1. The van der Waals surface area contributed by atoms with Crippen LogP contribution in [0.15, 0.2) is 30.3 Å². The number of hydrogen-bond donors (Lipinski definition) is 2. The van der Waals surface area contributed by atoms with Gasteiger partial charge in [0.1, 0.15) is 12.2 Å². The van der Waals surface area contributed by atoms with Crippen LogP contribution < -0.4 is 11.1 Å². The molecule has 1 fully saturated rings. The topological polar surface area (TPSA) is 90.6 Å². The Hall–Kier alpha value is -2.08. The van der Waals surface area contributed by atoms with Crippen molar-refractivity contribution in [1.82, 2.24) is 5.32 Å². The number of benzene rings is 1. The lowest BCUT2D eigenvalue weighted by Crippen LogP contribution is -2.20. The number of amides is 1. The molecular formula is C19H32N2O4. The van der Waals surface area contributed by atoms with Gasteiger partial charge in [0.15, 0.2) is 0 Å². The number of primary amides is 1. The molecule has 1 amide bonds. The fourth-order valence-electron chi connectivity index (χ4n) is 2.09. The number of rotatable bonds is 4. The summed E-state index contributed by atoms with van der Waals surface area (Å²) in [5.74, 6) is 0. The largest absolute Gasteiger partial charge is 0.462 e. The molecule has 1 aliphatic rings. The molecule has 1 saturated carbocycles. The van der Waals surface area contributed by atoms with E-state index in [-0.39, 0.29) is 12.2 Å². The summed E-state index contributed by atoms with van der Waals surface area (Å²) in [5.41, 5.74) is 5.40. The molecule has 3 N–H and O–H groups in total. The minimum absolute atomic E-state index is 0.246. The third-order valence-corrected chi connectivity index (χ3v) is 3.39. The van der Waals surface area contributed by atoms with E-state index in [1.807, 2.05) is 51.1 Å². The van der Waals surface area contributed by atoms with Gasteiger partial charge in [0.2, 0.25) is 0 Å². The molecule has 1 aromatic rings. The first-order chi connectivity index (χ1) is 11.8. The third-order valence-electron chi connectivity index (χ3n) is 3.39. The number of ether oxygens (including phenoxy) is 2. The Balaban J connectivity index is 0.000000362. The first-order valence-corrected chi connectivity index (χ1v) is 8.53. The highest BCUT2D eigenvalue weighted by atomic mass is 16.5. The van der Waals surface area contributed by atoms with Crippen LogP contribution in [0.4, 0.5) is 4.79 Å². The summed E-state index contributed by atoms with van der Waals surface area (Å²) in [6, 6.07) is 10.2. The standard InChI is InChI=1S/C8H9NO2.C6H13N.C5H10O2/c9-8(10)11-6-7-4-2-1-3-5-7;1-7-6-4-2-3-5-6;1-5(2,3)7-4-6/h1-5H,6H2,(H2,9,10);6-7H,2-5H2,1H3;4H,1-3H3. The molecule has 0 aromatic heterocycles. The zero-order chi connectivity index (χ0) is 19.1. The number of hydrogen-bond acceptors (Lipinski definition) is 5. The highest BCUT2D eigenvalue weighted by Crippen LogP contribution is 2.16. The molecule has 0 saturated heterocycles. The smallest absolute Gasteiger partial charge is 0.404 e. The van der Waals surface area contributed by atoms with Crippen molar-refractivity contribution >= 4 is 12.6 Å². The van der Waals surface area contributed by atoms with E-state index in [4.69, 9.17) is 5.73 Å². The molecule has 0 atom stereocenters. The van der Waals surface area contributed by atoms with Gasteiger partial charge in [-0.15, -0.1) is 0 Å². The Kier molecular flexibility index (Phi) is 12.1. The summed E-state index contributed by atoms with van der Waals surface area (Å²) < 4.78 is 9.12. The van der Waals surface area contributed by atoms with Gasteiger partial charge >= 0.3 is 6.09 Å². The van der Waals surface area contributed by atoms with Crippen LogP contribution in [0.2, 0.25) is 0 Å². The summed E-state index contributed by atoms with van der Waals surface area (Å²) in [4.78, 5) is 19.8. The van der Waals surface area contributed by atoms with E-state index in [0.717, 1.165) is 11.6 Å². The van der Waals surface area contributed by atoms with Crippen molar-refractivity contribution in [1.29, 1.82) is 0 Å². The fourth-order valence-corrected chi connectivity index (χ4v) is 2.09. The summed E-state index contributed by atoms with van der Waals surface area (Å²) in [5, 5.41) is 3.26. The lowest BCUT2D eigenvalue weighted by Gasteiger charge is -2.14. The average molecular weight is 352 g/mol. The molecule has 25 heavy (non-hydrogen) atoms. The Morgan fingerprint density at radius 1 is 1.24 bits per heavy atom.